The summed E-state index contributed by atoms with van der Waals surface area (Å²) in [5.74, 6) is 18.6. The van der Waals surface area contributed by atoms with Gasteiger partial charge in [-0.3, -0.25) is 0 Å². The van der Waals surface area contributed by atoms with E-state index in [1.54, 1.807) is 46.2 Å². The summed E-state index contributed by atoms with van der Waals surface area (Å²) < 4.78 is 0. The van der Waals surface area contributed by atoms with E-state index in [1.807, 2.05) is 0 Å². The van der Waals surface area contributed by atoms with E-state index in [2.05, 4.69) is 84.9 Å². The summed E-state index contributed by atoms with van der Waals surface area (Å²) in [4.78, 5) is 0. The lowest BCUT2D eigenvalue weighted by Crippen LogP contribution is -2.43. The van der Waals surface area contributed by atoms with Crippen LogP contribution < -0.4 is 0 Å². The van der Waals surface area contributed by atoms with Gasteiger partial charge in [0.05, 0.1) is 0 Å². The summed E-state index contributed by atoms with van der Waals surface area (Å²) in [5, 5.41) is 0. The topological polar surface area (TPSA) is 0 Å². The van der Waals surface area contributed by atoms with Crippen LogP contribution in [0.2, 0.25) is 0 Å². The van der Waals surface area contributed by atoms with Crippen LogP contribution in [0, 0.1) is 94.7 Å². The third-order valence-electron chi connectivity index (χ3n) is 23.3. The van der Waals surface area contributed by atoms with Crippen molar-refractivity contribution in [2.75, 3.05) is 0 Å². The first-order valence-electron chi connectivity index (χ1n) is 28.0. The summed E-state index contributed by atoms with van der Waals surface area (Å²) in [6.07, 6.45) is 30.1. The molecule has 16 aliphatic rings. The highest BCUT2D eigenvalue weighted by atomic mass is 14.6. The molecule has 330 valence electrons. The van der Waals surface area contributed by atoms with Crippen molar-refractivity contribution >= 4 is 0 Å². The first-order valence-corrected chi connectivity index (χ1v) is 28.0. The Hall–Kier alpha value is -3.12. The minimum absolute atomic E-state index is 0.747. The molecule has 0 spiro atoms. The van der Waals surface area contributed by atoms with E-state index in [-0.39, 0.29) is 0 Å². The predicted molar refractivity (Wildman–Crippen MR) is 262 cm³/mol. The van der Waals surface area contributed by atoms with Crippen LogP contribution in [0.15, 0.2) is 84.9 Å². The predicted octanol–water partition coefficient (Wildman–Crippen LogP) is 16.8. The lowest BCUT2D eigenvalue weighted by molar-refractivity contribution is -0.00286. The maximum absolute atomic E-state index is 2.82. The Morgan fingerprint density at radius 2 is 0.422 bits per heavy atom. The molecule has 16 aliphatic carbocycles. The van der Waals surface area contributed by atoms with Gasteiger partial charge < -0.3 is 0 Å². The summed E-state index contributed by atoms with van der Waals surface area (Å²) in [6, 6.07) is 37.0. The Morgan fingerprint density at radius 3 is 0.672 bits per heavy atom. The Bertz CT molecular complexity index is 2180. The molecule has 4 aromatic carbocycles. The van der Waals surface area contributed by atoms with Gasteiger partial charge >= 0.3 is 0 Å². The Balaban J connectivity index is 0.829. The fourth-order valence-electron chi connectivity index (χ4n) is 22.1. The van der Waals surface area contributed by atoms with Crippen molar-refractivity contribution in [2.24, 2.45) is 94.7 Å². The van der Waals surface area contributed by atoms with Crippen LogP contribution in [0.1, 0.15) is 174 Å². The third-order valence-corrected chi connectivity index (χ3v) is 23.3. The van der Waals surface area contributed by atoms with Crippen LogP contribution in [-0.4, -0.2) is 0 Å². The number of hydrogen-bond acceptors (Lipinski definition) is 0. The Labute approximate surface area is 385 Å². The summed E-state index contributed by atoms with van der Waals surface area (Å²) in [6.45, 7) is 0. The first-order chi connectivity index (χ1) is 31.5. The summed E-state index contributed by atoms with van der Waals surface area (Å²) in [7, 11) is 0. The molecule has 16 fully saturated rings. The van der Waals surface area contributed by atoms with E-state index >= 15 is 0 Å². The molecular weight excluding hydrogens is 769 g/mol. The highest BCUT2D eigenvalue weighted by molar-refractivity contribution is 5.92. The van der Waals surface area contributed by atoms with Crippen LogP contribution in [0.25, 0.3) is 33.4 Å². The molecule has 0 radical (unpaired) electrons. The second-order valence-corrected chi connectivity index (χ2v) is 26.7. The molecule has 16 saturated carbocycles. The van der Waals surface area contributed by atoms with Crippen molar-refractivity contribution in [2.45, 2.75) is 152 Å². The average Bonchev–Trinajstić information content (AvgIpc) is 3.28. The van der Waals surface area contributed by atoms with Crippen molar-refractivity contribution in [3.05, 3.63) is 107 Å². The lowest BCUT2D eigenvalue weighted by atomic mass is 9.50. The van der Waals surface area contributed by atoms with E-state index in [4.69, 9.17) is 0 Å². The van der Waals surface area contributed by atoms with Crippen LogP contribution >= 0.6 is 0 Å². The van der Waals surface area contributed by atoms with Crippen molar-refractivity contribution in [3.8, 4) is 33.4 Å². The molecule has 0 aliphatic heterocycles. The first kappa shape index (κ1) is 37.9. The SMILES string of the molecule is c1cc(C2C3CC4CC(C3)CC2C4)ccc1-c1ccc(C2C3CC4CC(C3)CC2C4)cc1-c1cc(C2C3CC4CC(C3)CC2C4)ccc1-c1ccc(C2C3CC4CC(C3)CC2C4)cc1. The highest BCUT2D eigenvalue weighted by Gasteiger charge is 2.52. The Morgan fingerprint density at radius 1 is 0.203 bits per heavy atom. The van der Waals surface area contributed by atoms with Gasteiger partial charge in [0.1, 0.15) is 0 Å². The maximum atomic E-state index is 2.82. The largest absolute Gasteiger partial charge is 0.0581 e. The van der Waals surface area contributed by atoms with Gasteiger partial charge in [0.2, 0.25) is 0 Å². The second kappa shape index (κ2) is 14.2. The van der Waals surface area contributed by atoms with Crippen LogP contribution in [0.3, 0.4) is 0 Å². The molecular formula is C64H74. The van der Waals surface area contributed by atoms with Crippen molar-refractivity contribution in [3.63, 3.8) is 0 Å². The average molecular weight is 843 g/mol. The van der Waals surface area contributed by atoms with Crippen molar-refractivity contribution < 1.29 is 0 Å². The quantitative estimate of drug-likeness (QED) is 0.174. The maximum Gasteiger partial charge on any atom is -0.00962 e. The van der Waals surface area contributed by atoms with Gasteiger partial charge in [-0.25, -0.2) is 0 Å². The summed E-state index contributed by atoms with van der Waals surface area (Å²) in [5.41, 5.74) is 15.6. The van der Waals surface area contributed by atoms with E-state index < -0.39 is 0 Å². The normalized spacial score (nSPS) is 45.8. The van der Waals surface area contributed by atoms with E-state index in [1.165, 1.54) is 138 Å². The molecule has 0 amide bonds. The molecule has 0 unspecified atom stereocenters. The number of benzene rings is 4. The van der Waals surface area contributed by atoms with Gasteiger partial charge in [-0.05, 0) is 302 Å². The minimum Gasteiger partial charge on any atom is -0.0581 e. The zero-order chi connectivity index (χ0) is 41.4. The van der Waals surface area contributed by atoms with Gasteiger partial charge in [-0.2, -0.15) is 0 Å². The van der Waals surface area contributed by atoms with Crippen molar-refractivity contribution in [1.29, 1.82) is 0 Å². The van der Waals surface area contributed by atoms with Crippen LogP contribution in [0.5, 0.6) is 0 Å². The van der Waals surface area contributed by atoms with Gasteiger partial charge in [0, 0.05) is 0 Å². The molecule has 0 heteroatoms. The zero-order valence-electron chi connectivity index (χ0n) is 38.8. The Kier molecular flexibility index (Phi) is 8.42. The van der Waals surface area contributed by atoms with Gasteiger partial charge in [0.15, 0.2) is 0 Å². The van der Waals surface area contributed by atoms with Crippen LogP contribution in [-0.2, 0) is 0 Å². The molecule has 0 heterocycles. The molecule has 0 aromatic heterocycles. The number of hydrogen-bond donors (Lipinski definition) is 0. The summed E-state index contributed by atoms with van der Waals surface area (Å²) >= 11 is 0. The van der Waals surface area contributed by atoms with Gasteiger partial charge in [-0.1, -0.05) is 84.9 Å². The molecule has 64 heavy (non-hydrogen) atoms. The molecule has 0 N–H and O–H groups in total. The molecule has 0 nitrogen and oxygen atoms in total. The molecule has 16 bridgehead atoms. The van der Waals surface area contributed by atoms with Gasteiger partial charge in [-0.15, -0.1) is 0 Å². The van der Waals surface area contributed by atoms with E-state index in [0.29, 0.717) is 0 Å². The van der Waals surface area contributed by atoms with E-state index in [0.717, 1.165) is 118 Å². The minimum atomic E-state index is 0.747. The van der Waals surface area contributed by atoms with E-state index in [9.17, 15) is 0 Å². The second-order valence-electron chi connectivity index (χ2n) is 26.7. The zero-order valence-corrected chi connectivity index (χ0v) is 38.8. The lowest BCUT2D eigenvalue weighted by Gasteiger charge is -2.55. The molecule has 0 saturated heterocycles. The van der Waals surface area contributed by atoms with Crippen molar-refractivity contribution in [1.82, 2.24) is 0 Å². The standard InChI is InChI=1S/C64H74/c1-5-45(61-49-17-35-13-36(19-49)20-50(61)18-35)6-2-43(1)57-11-9-47(63-53-25-39-15-40(27-53)28-54(63)26-39)33-59(57)60-34-48(64-55-29-41-16-42(31-55)32-56(64)30-41)10-12-58(60)44-3-7-46(8-4-44)62-51-21-37-14-38(23-51)24-52(62)22-37/h1-12,33-42,49-56,61-64H,13-32H2. The fourth-order valence-corrected chi connectivity index (χ4v) is 22.1. The van der Waals surface area contributed by atoms with Gasteiger partial charge in [0.25, 0.3) is 0 Å². The molecule has 20 rings (SSSR count). The molecule has 0 atom stereocenters. The smallest absolute Gasteiger partial charge is 0.00962 e. The third kappa shape index (κ3) is 5.90. The monoisotopic (exact) mass is 843 g/mol. The fraction of sp³-hybridized carbons (Fsp3) is 0.625. The van der Waals surface area contributed by atoms with Crippen LogP contribution in [0.4, 0.5) is 0 Å². The molecule has 4 aromatic rings. The number of rotatable bonds is 7. The highest BCUT2D eigenvalue weighted by Crippen LogP contribution is 2.64.